The highest BCUT2D eigenvalue weighted by atomic mass is 16.5. The van der Waals surface area contributed by atoms with E-state index in [0.717, 1.165) is 55.9 Å². The van der Waals surface area contributed by atoms with Crippen LogP contribution in [0.15, 0.2) is 48.2 Å². The summed E-state index contributed by atoms with van der Waals surface area (Å²) >= 11 is 0. The van der Waals surface area contributed by atoms with Gasteiger partial charge in [-0.15, -0.1) is 0 Å². The van der Waals surface area contributed by atoms with Crippen LogP contribution in [0.5, 0.6) is 0 Å². The maximum Gasteiger partial charge on any atom is 0.187 e. The number of hydrogen-bond acceptors (Lipinski definition) is 3. The first kappa shape index (κ1) is 17.6. The van der Waals surface area contributed by atoms with E-state index < -0.39 is 0 Å². The predicted molar refractivity (Wildman–Crippen MR) is 98.8 cm³/mol. The fraction of sp³-hybridized carbons (Fsp3) is 0.429. The van der Waals surface area contributed by atoms with Crippen LogP contribution in [0.3, 0.4) is 0 Å². The van der Waals surface area contributed by atoms with Crippen LogP contribution in [0.2, 0.25) is 0 Å². The van der Waals surface area contributed by atoms with Gasteiger partial charge in [-0.25, -0.2) is 4.58 Å². The first-order valence-corrected chi connectivity index (χ1v) is 9.10. The lowest BCUT2D eigenvalue weighted by Gasteiger charge is -2.20. The molecule has 2 aliphatic rings. The van der Waals surface area contributed by atoms with Crippen molar-refractivity contribution < 1.29 is 18.8 Å². The molecule has 0 N–H and O–H groups in total. The van der Waals surface area contributed by atoms with Crippen LogP contribution in [-0.2, 0) is 14.3 Å². The molecular weight excluding hydrogens is 314 g/mol. The van der Waals surface area contributed by atoms with E-state index in [-0.39, 0.29) is 5.78 Å². The Morgan fingerprint density at radius 1 is 1.16 bits per heavy atom. The van der Waals surface area contributed by atoms with Crippen molar-refractivity contribution in [1.82, 2.24) is 0 Å². The lowest BCUT2D eigenvalue weighted by Crippen LogP contribution is -2.35. The molecule has 0 unspecified atom stereocenters. The predicted octanol–water partition coefficient (Wildman–Crippen LogP) is 3.23. The van der Waals surface area contributed by atoms with Crippen molar-refractivity contribution in [2.24, 2.45) is 0 Å². The lowest BCUT2D eigenvalue weighted by atomic mass is 9.88. The van der Waals surface area contributed by atoms with Crippen LogP contribution < -0.4 is 0 Å². The Morgan fingerprint density at radius 3 is 2.64 bits per heavy atom. The Hall–Kier alpha value is -2.20. The fourth-order valence-corrected chi connectivity index (χ4v) is 3.35. The van der Waals surface area contributed by atoms with Gasteiger partial charge in [-0.1, -0.05) is 30.3 Å². The SMILES string of the molecule is CCOC=C1C(=[N+]2CCOCC2)CCCC(=O)/C=C\1c1ccccc1. The summed E-state index contributed by atoms with van der Waals surface area (Å²) in [6.45, 7) is 5.84. The van der Waals surface area contributed by atoms with Crippen LogP contribution >= 0.6 is 0 Å². The molecule has 1 aliphatic heterocycles. The molecule has 1 heterocycles. The molecule has 3 rings (SSSR count). The molecule has 1 aromatic carbocycles. The first-order chi connectivity index (χ1) is 12.3. The summed E-state index contributed by atoms with van der Waals surface area (Å²) in [5.74, 6) is 0.183. The highest BCUT2D eigenvalue weighted by Gasteiger charge is 2.27. The highest BCUT2D eigenvalue weighted by Crippen LogP contribution is 2.28. The van der Waals surface area contributed by atoms with Crippen LogP contribution in [0.4, 0.5) is 0 Å². The van der Waals surface area contributed by atoms with Crippen molar-refractivity contribution in [3.05, 3.63) is 53.8 Å². The Bertz CT molecular complexity index is 693. The Balaban J connectivity index is 2.12. The van der Waals surface area contributed by atoms with Gasteiger partial charge in [0.15, 0.2) is 24.6 Å². The van der Waals surface area contributed by atoms with Crippen molar-refractivity contribution in [2.75, 3.05) is 32.9 Å². The van der Waals surface area contributed by atoms with E-state index in [4.69, 9.17) is 9.47 Å². The minimum atomic E-state index is 0.183. The fourth-order valence-electron chi connectivity index (χ4n) is 3.35. The second-order valence-electron chi connectivity index (χ2n) is 6.28. The third-order valence-electron chi connectivity index (χ3n) is 4.59. The van der Waals surface area contributed by atoms with Crippen LogP contribution in [-0.4, -0.2) is 49.0 Å². The Kier molecular flexibility index (Phi) is 6.18. The highest BCUT2D eigenvalue weighted by molar-refractivity contribution is 6.15. The van der Waals surface area contributed by atoms with Gasteiger partial charge >= 0.3 is 0 Å². The molecule has 0 atom stereocenters. The van der Waals surface area contributed by atoms with E-state index in [0.29, 0.717) is 13.0 Å². The number of carbonyl (C=O) groups is 1. The second kappa shape index (κ2) is 8.77. The molecule has 0 saturated carbocycles. The number of morpholine rings is 1. The van der Waals surface area contributed by atoms with E-state index >= 15 is 0 Å². The number of allylic oxidation sites excluding steroid dienone is 3. The normalized spacial score (nSPS) is 23.0. The zero-order valence-corrected chi connectivity index (χ0v) is 14.9. The van der Waals surface area contributed by atoms with Gasteiger partial charge in [0.1, 0.15) is 13.2 Å². The first-order valence-electron chi connectivity index (χ1n) is 9.10. The minimum Gasteiger partial charge on any atom is -0.501 e. The topological polar surface area (TPSA) is 38.5 Å². The van der Waals surface area contributed by atoms with Gasteiger partial charge in [-0.2, -0.15) is 0 Å². The average molecular weight is 340 g/mol. The van der Waals surface area contributed by atoms with Crippen molar-refractivity contribution in [1.29, 1.82) is 0 Å². The summed E-state index contributed by atoms with van der Waals surface area (Å²) < 4.78 is 13.6. The van der Waals surface area contributed by atoms with E-state index in [1.54, 1.807) is 6.08 Å². The van der Waals surface area contributed by atoms with Gasteiger partial charge in [-0.3, -0.25) is 4.79 Å². The molecule has 4 nitrogen and oxygen atoms in total. The number of ketones is 1. The van der Waals surface area contributed by atoms with Crippen LogP contribution in [0.25, 0.3) is 5.57 Å². The monoisotopic (exact) mass is 340 g/mol. The largest absolute Gasteiger partial charge is 0.501 e. The molecular formula is C21H26NO3+. The number of ether oxygens (including phenoxy) is 2. The van der Waals surface area contributed by atoms with Crippen molar-refractivity contribution in [3.8, 4) is 0 Å². The van der Waals surface area contributed by atoms with Crippen molar-refractivity contribution in [2.45, 2.75) is 26.2 Å². The molecule has 1 saturated heterocycles. The molecule has 0 radical (unpaired) electrons. The summed E-state index contributed by atoms with van der Waals surface area (Å²) in [5, 5.41) is 0. The lowest BCUT2D eigenvalue weighted by molar-refractivity contribution is -0.549. The third-order valence-corrected chi connectivity index (χ3v) is 4.59. The van der Waals surface area contributed by atoms with Gasteiger partial charge in [0, 0.05) is 18.4 Å². The molecule has 4 heteroatoms. The number of rotatable bonds is 3. The van der Waals surface area contributed by atoms with Crippen LogP contribution in [0, 0.1) is 0 Å². The number of hydrogen-bond donors (Lipinski definition) is 0. The molecule has 0 bridgehead atoms. The molecule has 132 valence electrons. The van der Waals surface area contributed by atoms with Gasteiger partial charge in [-0.05, 0) is 25.0 Å². The standard InChI is InChI=1S/C21H26NO3/c1-2-24-16-20-19(17-7-4-3-5-8-17)15-18(23)9-6-10-21(20)22-11-13-25-14-12-22/h3-5,7-8,15-16H,2,6,9-14H2,1H3/q+1/b19-15-,20-16?. The Labute approximate surface area is 149 Å². The molecule has 1 fully saturated rings. The molecule has 1 aliphatic carbocycles. The molecule has 0 amide bonds. The van der Waals surface area contributed by atoms with Crippen LogP contribution in [0.1, 0.15) is 31.7 Å². The summed E-state index contributed by atoms with van der Waals surface area (Å²) in [7, 11) is 0. The zero-order chi connectivity index (χ0) is 17.5. The van der Waals surface area contributed by atoms with Gasteiger partial charge in [0.25, 0.3) is 0 Å². The summed E-state index contributed by atoms with van der Waals surface area (Å²) in [4.78, 5) is 12.3. The number of carbonyl (C=O) groups excluding carboxylic acids is 1. The number of nitrogens with zero attached hydrogens (tertiary/aromatic N) is 1. The van der Waals surface area contributed by atoms with Crippen molar-refractivity contribution in [3.63, 3.8) is 0 Å². The molecule has 25 heavy (non-hydrogen) atoms. The maximum atomic E-state index is 12.3. The second-order valence-corrected chi connectivity index (χ2v) is 6.28. The summed E-state index contributed by atoms with van der Waals surface area (Å²) in [6.07, 6.45) is 5.97. The quantitative estimate of drug-likeness (QED) is 0.626. The van der Waals surface area contributed by atoms with Gasteiger partial charge in [0.2, 0.25) is 0 Å². The van der Waals surface area contributed by atoms with Gasteiger partial charge < -0.3 is 9.47 Å². The van der Waals surface area contributed by atoms with E-state index in [9.17, 15) is 4.79 Å². The van der Waals surface area contributed by atoms with E-state index in [1.807, 2.05) is 31.4 Å². The zero-order valence-electron chi connectivity index (χ0n) is 14.9. The summed E-state index contributed by atoms with van der Waals surface area (Å²) in [6, 6.07) is 10.1. The molecule has 1 aromatic rings. The smallest absolute Gasteiger partial charge is 0.187 e. The maximum absolute atomic E-state index is 12.3. The average Bonchev–Trinajstić information content (AvgIpc) is 2.65. The number of benzene rings is 1. The molecule has 0 aromatic heterocycles. The van der Waals surface area contributed by atoms with Crippen molar-refractivity contribution >= 4 is 17.1 Å². The summed E-state index contributed by atoms with van der Waals surface area (Å²) in [5.41, 5.74) is 4.30. The Morgan fingerprint density at radius 2 is 1.92 bits per heavy atom. The van der Waals surface area contributed by atoms with E-state index in [2.05, 4.69) is 16.7 Å². The minimum absolute atomic E-state index is 0.183. The molecule has 0 spiro atoms. The third kappa shape index (κ3) is 4.45. The van der Waals surface area contributed by atoms with Gasteiger partial charge in [0.05, 0.1) is 18.4 Å². The van der Waals surface area contributed by atoms with E-state index in [1.165, 1.54) is 5.71 Å².